The molecular formula is C13H22O2. The summed E-state index contributed by atoms with van der Waals surface area (Å²) in [5.41, 5.74) is -0.218. The van der Waals surface area contributed by atoms with Crippen LogP contribution in [0.15, 0.2) is 12.2 Å². The molecule has 1 aliphatic carbocycles. The number of hydrogen-bond donors (Lipinski definition) is 1. The summed E-state index contributed by atoms with van der Waals surface area (Å²) in [5.74, 6) is -0.632. The van der Waals surface area contributed by atoms with Gasteiger partial charge in [-0.25, -0.2) is 0 Å². The first-order chi connectivity index (χ1) is 6.98. The first-order valence-corrected chi connectivity index (χ1v) is 5.85. The van der Waals surface area contributed by atoms with Gasteiger partial charge in [-0.15, -0.1) is 0 Å². The minimum Gasteiger partial charge on any atom is -0.481 e. The Labute approximate surface area is 92.4 Å². The molecule has 2 heteroatoms. The third-order valence-corrected chi connectivity index (χ3v) is 4.09. The zero-order chi connectivity index (χ0) is 11.5. The van der Waals surface area contributed by atoms with E-state index in [1.54, 1.807) is 0 Å². The summed E-state index contributed by atoms with van der Waals surface area (Å²) in [6, 6.07) is 0. The molecule has 86 valence electrons. The quantitative estimate of drug-likeness (QED) is 0.722. The summed E-state index contributed by atoms with van der Waals surface area (Å²) in [6.07, 6.45) is 9.13. The lowest BCUT2D eigenvalue weighted by Gasteiger charge is -2.41. The molecule has 15 heavy (non-hydrogen) atoms. The summed E-state index contributed by atoms with van der Waals surface area (Å²) in [5, 5.41) is 9.15. The molecule has 0 atom stereocenters. The van der Waals surface area contributed by atoms with Crippen molar-refractivity contribution in [3.05, 3.63) is 12.2 Å². The van der Waals surface area contributed by atoms with E-state index < -0.39 is 11.4 Å². The second kappa shape index (κ2) is 4.38. The number of allylic oxidation sites excluding steroid dienone is 2. The third-order valence-electron chi connectivity index (χ3n) is 4.09. The van der Waals surface area contributed by atoms with Gasteiger partial charge in [0.1, 0.15) is 0 Å². The van der Waals surface area contributed by atoms with Crippen molar-refractivity contribution in [2.75, 3.05) is 0 Å². The van der Waals surface area contributed by atoms with Crippen LogP contribution in [0, 0.1) is 10.8 Å². The lowest BCUT2D eigenvalue weighted by Crippen LogP contribution is -2.36. The van der Waals surface area contributed by atoms with Crippen LogP contribution in [0.5, 0.6) is 0 Å². The zero-order valence-electron chi connectivity index (χ0n) is 10.0. The number of carboxylic acids is 1. The molecular weight excluding hydrogens is 188 g/mol. The normalized spacial score (nSPS) is 37.0. The molecule has 0 amide bonds. The van der Waals surface area contributed by atoms with E-state index in [9.17, 15) is 4.79 Å². The minimum atomic E-state index is -0.632. The molecule has 0 aromatic rings. The molecule has 0 heterocycles. The highest BCUT2D eigenvalue weighted by atomic mass is 16.4. The molecule has 2 nitrogen and oxygen atoms in total. The van der Waals surface area contributed by atoms with Crippen molar-refractivity contribution >= 4 is 5.97 Å². The minimum absolute atomic E-state index is 0.268. The van der Waals surface area contributed by atoms with Crippen LogP contribution in [-0.2, 0) is 4.79 Å². The van der Waals surface area contributed by atoms with Gasteiger partial charge in [-0.05, 0) is 51.4 Å². The second-order valence-corrected chi connectivity index (χ2v) is 5.08. The third kappa shape index (κ3) is 2.42. The van der Waals surface area contributed by atoms with E-state index in [2.05, 4.69) is 19.1 Å². The van der Waals surface area contributed by atoms with Crippen LogP contribution in [0.3, 0.4) is 0 Å². The fourth-order valence-corrected chi connectivity index (χ4v) is 2.51. The van der Waals surface area contributed by atoms with Crippen molar-refractivity contribution < 1.29 is 9.90 Å². The van der Waals surface area contributed by atoms with E-state index in [0.717, 1.165) is 32.1 Å². The molecule has 1 N–H and O–H groups in total. The Bertz CT molecular complexity index is 258. The molecule has 1 saturated carbocycles. The first kappa shape index (κ1) is 12.3. The van der Waals surface area contributed by atoms with Crippen LogP contribution in [0.2, 0.25) is 0 Å². The van der Waals surface area contributed by atoms with Gasteiger partial charge in [-0.3, -0.25) is 4.79 Å². The highest BCUT2D eigenvalue weighted by Crippen LogP contribution is 2.48. The van der Waals surface area contributed by atoms with Crippen molar-refractivity contribution in [1.82, 2.24) is 0 Å². The predicted molar refractivity (Wildman–Crippen MR) is 61.7 cm³/mol. The Morgan fingerprint density at radius 1 is 1.33 bits per heavy atom. The van der Waals surface area contributed by atoms with E-state index in [-0.39, 0.29) is 5.41 Å². The summed E-state index contributed by atoms with van der Waals surface area (Å²) < 4.78 is 0. The molecule has 0 aromatic heterocycles. The topological polar surface area (TPSA) is 37.3 Å². The van der Waals surface area contributed by atoms with Crippen molar-refractivity contribution in [3.63, 3.8) is 0 Å². The van der Waals surface area contributed by atoms with Gasteiger partial charge < -0.3 is 5.11 Å². The van der Waals surface area contributed by atoms with Gasteiger partial charge in [0.15, 0.2) is 0 Å². The largest absolute Gasteiger partial charge is 0.481 e. The number of carboxylic acid groups (broad SMARTS) is 1. The van der Waals surface area contributed by atoms with Gasteiger partial charge in [-0.2, -0.15) is 0 Å². The monoisotopic (exact) mass is 210 g/mol. The Balaban J connectivity index is 2.72. The molecule has 1 rings (SSSR count). The molecule has 0 spiro atoms. The maximum Gasteiger partial charge on any atom is 0.309 e. The zero-order valence-corrected chi connectivity index (χ0v) is 10.0. The van der Waals surface area contributed by atoms with Gasteiger partial charge in [0.05, 0.1) is 5.41 Å². The van der Waals surface area contributed by atoms with Gasteiger partial charge in [0, 0.05) is 0 Å². The lowest BCUT2D eigenvalue weighted by molar-refractivity contribution is -0.150. The second-order valence-electron chi connectivity index (χ2n) is 5.08. The number of hydrogen-bond acceptors (Lipinski definition) is 1. The molecule has 0 radical (unpaired) electrons. The first-order valence-electron chi connectivity index (χ1n) is 5.85. The van der Waals surface area contributed by atoms with Crippen LogP contribution in [-0.4, -0.2) is 11.1 Å². The smallest absolute Gasteiger partial charge is 0.309 e. The molecule has 0 aliphatic heterocycles. The molecule has 1 aliphatic rings. The van der Waals surface area contributed by atoms with Gasteiger partial charge in [-0.1, -0.05) is 19.1 Å². The highest BCUT2D eigenvalue weighted by Gasteiger charge is 2.42. The van der Waals surface area contributed by atoms with Gasteiger partial charge >= 0.3 is 5.97 Å². The van der Waals surface area contributed by atoms with E-state index in [0.29, 0.717) is 0 Å². The van der Waals surface area contributed by atoms with Gasteiger partial charge in [0.25, 0.3) is 0 Å². The number of carbonyl (C=O) groups is 1. The van der Waals surface area contributed by atoms with E-state index in [1.165, 1.54) is 0 Å². The number of rotatable bonds is 3. The van der Waals surface area contributed by atoms with Crippen molar-refractivity contribution in [2.45, 2.75) is 52.9 Å². The summed E-state index contributed by atoms with van der Waals surface area (Å²) in [7, 11) is 0. The van der Waals surface area contributed by atoms with Crippen LogP contribution in [0.1, 0.15) is 52.9 Å². The van der Waals surface area contributed by atoms with Crippen LogP contribution in [0.25, 0.3) is 0 Å². The van der Waals surface area contributed by atoms with Gasteiger partial charge in [0.2, 0.25) is 0 Å². The number of aliphatic carboxylic acids is 1. The van der Waals surface area contributed by atoms with E-state index in [4.69, 9.17) is 5.11 Å². The van der Waals surface area contributed by atoms with Crippen molar-refractivity contribution in [1.29, 1.82) is 0 Å². The summed E-state index contributed by atoms with van der Waals surface area (Å²) in [6.45, 7) is 6.12. The molecule has 1 fully saturated rings. The highest BCUT2D eigenvalue weighted by molar-refractivity contribution is 5.74. The van der Waals surface area contributed by atoms with Crippen LogP contribution < -0.4 is 0 Å². The van der Waals surface area contributed by atoms with Crippen LogP contribution in [0.4, 0.5) is 0 Å². The fourth-order valence-electron chi connectivity index (χ4n) is 2.51. The Morgan fingerprint density at radius 2 is 1.87 bits per heavy atom. The maximum atomic E-state index is 11.1. The molecule has 0 unspecified atom stereocenters. The van der Waals surface area contributed by atoms with Crippen molar-refractivity contribution in [2.24, 2.45) is 10.8 Å². The van der Waals surface area contributed by atoms with E-state index in [1.807, 2.05) is 13.8 Å². The Kier molecular flexibility index (Phi) is 3.58. The molecule has 0 bridgehead atoms. The SMILES string of the molecule is C/C=C/C1(CC)CCC(C)(C(=O)O)CC1. The van der Waals surface area contributed by atoms with Crippen LogP contribution >= 0.6 is 0 Å². The van der Waals surface area contributed by atoms with E-state index >= 15 is 0 Å². The Morgan fingerprint density at radius 3 is 2.20 bits per heavy atom. The lowest BCUT2D eigenvalue weighted by atomic mass is 9.63. The summed E-state index contributed by atoms with van der Waals surface area (Å²) in [4.78, 5) is 11.1. The Hall–Kier alpha value is -0.790. The fraction of sp³-hybridized carbons (Fsp3) is 0.769. The van der Waals surface area contributed by atoms with Crippen molar-refractivity contribution in [3.8, 4) is 0 Å². The standard InChI is InChI=1S/C13H22O2/c1-4-6-13(5-2)9-7-12(3,8-10-13)11(14)15/h4,6H,5,7-10H2,1-3H3,(H,14,15)/b6-4+. The maximum absolute atomic E-state index is 11.1. The molecule has 0 saturated heterocycles. The summed E-state index contributed by atoms with van der Waals surface area (Å²) >= 11 is 0. The predicted octanol–water partition coefficient (Wildman–Crippen LogP) is 3.62. The molecule has 0 aromatic carbocycles. The average Bonchev–Trinajstić information content (AvgIpc) is 2.22. The average molecular weight is 210 g/mol.